The maximum atomic E-state index is 2.41. The Kier molecular flexibility index (Phi) is 22.9. The largest absolute Gasteiger partial charge is 0.310 e. The molecule has 3 nitrogen and oxygen atoms in total. The lowest BCUT2D eigenvalue weighted by Crippen LogP contribution is -2.28. The van der Waals surface area contributed by atoms with Crippen molar-refractivity contribution in [3.05, 3.63) is 655 Å². The molecule has 3 aliphatic rings. The smallest absolute Gasteiger partial charge is 0.0714 e. The van der Waals surface area contributed by atoms with Crippen LogP contribution in [0, 0.1) is 0 Å². The third kappa shape index (κ3) is 15.0. The normalized spacial score (nSPS) is 12.7. The summed E-state index contributed by atoms with van der Waals surface area (Å²) in [7, 11) is 0. The van der Waals surface area contributed by atoms with Gasteiger partial charge in [-0.2, -0.15) is 0 Å². The van der Waals surface area contributed by atoms with Crippen LogP contribution in [0.15, 0.2) is 588 Å². The molecular formula is C135H97N3. The van der Waals surface area contributed by atoms with Gasteiger partial charge in [-0.3, -0.25) is 0 Å². The van der Waals surface area contributed by atoms with Crippen LogP contribution in [-0.2, 0) is 16.2 Å². The van der Waals surface area contributed by atoms with E-state index in [2.05, 4.69) is 603 Å². The van der Waals surface area contributed by atoms with E-state index in [1.807, 2.05) is 0 Å². The van der Waals surface area contributed by atoms with Crippen molar-refractivity contribution in [2.45, 2.75) is 16.2 Å². The Balaban J connectivity index is 0.000000118. The Morgan fingerprint density at radius 1 is 0.116 bits per heavy atom. The topological polar surface area (TPSA) is 9.72 Å². The van der Waals surface area contributed by atoms with E-state index in [1.165, 1.54) is 156 Å². The summed E-state index contributed by atoms with van der Waals surface area (Å²) in [6, 6.07) is 213. The van der Waals surface area contributed by atoms with E-state index in [0.29, 0.717) is 0 Å². The molecule has 0 saturated heterocycles. The van der Waals surface area contributed by atoms with Crippen molar-refractivity contribution >= 4 is 51.2 Å². The Morgan fingerprint density at radius 3 is 0.645 bits per heavy atom. The maximum absolute atomic E-state index is 2.41. The minimum atomic E-state index is -0.440. The first-order valence-electron chi connectivity index (χ1n) is 47.7. The molecule has 0 N–H and O–H groups in total. The van der Waals surface area contributed by atoms with Crippen LogP contribution in [0.3, 0.4) is 0 Å². The third-order valence-corrected chi connectivity index (χ3v) is 28.0. The first kappa shape index (κ1) is 84.5. The molecule has 0 spiro atoms. The van der Waals surface area contributed by atoms with Crippen LogP contribution in [0.2, 0.25) is 0 Å². The van der Waals surface area contributed by atoms with Crippen molar-refractivity contribution in [2.24, 2.45) is 0 Å². The van der Waals surface area contributed by atoms with Gasteiger partial charge in [-0.25, -0.2) is 0 Å². The van der Waals surface area contributed by atoms with Gasteiger partial charge in [-0.1, -0.05) is 485 Å². The Bertz CT molecular complexity index is 7760. The lowest BCUT2D eigenvalue weighted by Gasteiger charge is -2.34. The second-order valence-corrected chi connectivity index (χ2v) is 35.5. The summed E-state index contributed by atoms with van der Waals surface area (Å²) >= 11 is 0. The molecule has 0 aromatic heterocycles. The number of benzene rings is 22. The van der Waals surface area contributed by atoms with Gasteiger partial charge < -0.3 is 14.7 Å². The number of para-hydroxylation sites is 4. The molecule has 25 rings (SSSR count). The highest BCUT2D eigenvalue weighted by Crippen LogP contribution is 2.63. The standard InChI is InChI=1S/C55H39N.C43H31N.C37H27N/c1-6-19-40(20-7-1)43-37-44(41-21-8-2-9-22-41)39-49(38-43)56(47-27-14-5-15-28-47)48-35-33-42(34-36-48)50-30-18-32-53-54(50)51-29-16-17-31-52(51)55(53,45-23-10-3-11-24-45)46-25-12-4-13-26-46;1-5-16-32(17-6-1)33-28-30-37(31-29-33)44(36-22-11-4-12-23-36)41-27-15-26-40-42(41)38-24-13-14-25-39(38)43(40,34-18-7-2-8-19-34)35-20-9-3-10-21-35;1-5-16-28(17-6-1)37(29-18-7-2-8-19-29)33-25-14-13-24-32(33)36-34(37)26-15-27-35(36)38(30-20-9-3-10-21-30)31-22-11-4-12-23-31/h1-39H;1-31H;1-27H. The molecule has 138 heavy (non-hydrogen) atoms. The monoisotopic (exact) mass is 1760 g/mol. The van der Waals surface area contributed by atoms with E-state index < -0.39 is 16.2 Å². The van der Waals surface area contributed by atoms with Crippen LogP contribution >= 0.6 is 0 Å². The zero-order valence-electron chi connectivity index (χ0n) is 76.3. The van der Waals surface area contributed by atoms with Crippen LogP contribution in [0.25, 0.3) is 77.9 Å². The van der Waals surface area contributed by atoms with Gasteiger partial charge in [0, 0.05) is 50.9 Å². The molecule has 0 bridgehead atoms. The van der Waals surface area contributed by atoms with Gasteiger partial charge in [0.15, 0.2) is 0 Å². The summed E-state index contributed by atoms with van der Waals surface area (Å²) in [6.07, 6.45) is 0. The van der Waals surface area contributed by atoms with Crippen molar-refractivity contribution in [1.29, 1.82) is 0 Å². The van der Waals surface area contributed by atoms with Crippen molar-refractivity contribution in [2.75, 3.05) is 14.7 Å². The molecule has 3 heteroatoms. The van der Waals surface area contributed by atoms with Crippen molar-refractivity contribution < 1.29 is 0 Å². The van der Waals surface area contributed by atoms with E-state index in [4.69, 9.17) is 0 Å². The average molecular weight is 1760 g/mol. The minimum absolute atomic E-state index is 0.413. The highest BCUT2D eigenvalue weighted by Gasteiger charge is 2.51. The summed E-state index contributed by atoms with van der Waals surface area (Å²) in [5, 5.41) is 0. The number of hydrogen-bond acceptors (Lipinski definition) is 3. The molecule has 3 aliphatic carbocycles. The predicted octanol–water partition coefficient (Wildman–Crippen LogP) is 35.2. The van der Waals surface area contributed by atoms with Gasteiger partial charge in [-0.05, 0) is 237 Å². The van der Waals surface area contributed by atoms with Gasteiger partial charge >= 0.3 is 0 Å². The molecule has 0 saturated carbocycles. The van der Waals surface area contributed by atoms with Crippen LogP contribution in [0.1, 0.15) is 66.8 Å². The number of nitrogens with zero attached hydrogens (tertiary/aromatic N) is 3. The molecule has 0 heterocycles. The molecule has 652 valence electrons. The van der Waals surface area contributed by atoms with Gasteiger partial charge in [0.25, 0.3) is 0 Å². The molecule has 22 aromatic rings. The summed E-state index contributed by atoms with van der Waals surface area (Å²) < 4.78 is 0. The quantitative estimate of drug-likeness (QED) is 0.0799. The fraction of sp³-hybridized carbons (Fsp3) is 0.0222. The van der Waals surface area contributed by atoms with Crippen LogP contribution in [0.4, 0.5) is 51.2 Å². The Morgan fingerprint density at radius 2 is 0.326 bits per heavy atom. The minimum Gasteiger partial charge on any atom is -0.310 e. The van der Waals surface area contributed by atoms with Gasteiger partial charge in [0.1, 0.15) is 0 Å². The van der Waals surface area contributed by atoms with Crippen LogP contribution < -0.4 is 14.7 Å². The second kappa shape index (κ2) is 37.4. The second-order valence-electron chi connectivity index (χ2n) is 35.5. The molecule has 0 fully saturated rings. The van der Waals surface area contributed by atoms with Gasteiger partial charge in [0.05, 0.1) is 27.6 Å². The highest BCUT2D eigenvalue weighted by molar-refractivity contribution is 6.01. The zero-order valence-corrected chi connectivity index (χ0v) is 76.3. The molecule has 0 radical (unpaired) electrons. The lowest BCUT2D eigenvalue weighted by molar-refractivity contribution is 0.768. The van der Waals surface area contributed by atoms with E-state index in [1.54, 1.807) is 0 Å². The van der Waals surface area contributed by atoms with Crippen LogP contribution in [0.5, 0.6) is 0 Å². The van der Waals surface area contributed by atoms with Gasteiger partial charge in [-0.15, -0.1) is 0 Å². The summed E-state index contributed by atoms with van der Waals surface area (Å²) in [5.41, 5.74) is 41.7. The van der Waals surface area contributed by atoms with E-state index in [9.17, 15) is 0 Å². The molecule has 0 aliphatic heterocycles. The predicted molar refractivity (Wildman–Crippen MR) is 577 cm³/mol. The number of fused-ring (bicyclic) bond motifs is 9. The number of rotatable bonds is 19. The summed E-state index contributed by atoms with van der Waals surface area (Å²) in [6.45, 7) is 0. The highest BCUT2D eigenvalue weighted by atomic mass is 15.2. The zero-order chi connectivity index (χ0) is 92.0. The van der Waals surface area contributed by atoms with Crippen molar-refractivity contribution in [3.63, 3.8) is 0 Å². The van der Waals surface area contributed by atoms with Gasteiger partial charge in [0.2, 0.25) is 0 Å². The average Bonchev–Trinajstić information content (AvgIpc) is 1.50. The van der Waals surface area contributed by atoms with Crippen LogP contribution in [-0.4, -0.2) is 0 Å². The van der Waals surface area contributed by atoms with Crippen molar-refractivity contribution in [3.8, 4) is 77.9 Å². The first-order chi connectivity index (χ1) is 68.5. The number of anilines is 9. The third-order valence-electron chi connectivity index (χ3n) is 28.0. The molecule has 0 atom stereocenters. The van der Waals surface area contributed by atoms with E-state index >= 15 is 0 Å². The Labute approximate surface area is 809 Å². The fourth-order valence-corrected chi connectivity index (χ4v) is 22.2. The van der Waals surface area contributed by atoms with Crippen molar-refractivity contribution in [1.82, 2.24) is 0 Å². The van der Waals surface area contributed by atoms with E-state index in [0.717, 1.165) is 39.8 Å². The SMILES string of the molecule is c1ccc(-c2cc(-c3ccccc3)cc(N(c3ccccc3)c3ccc(-c4cccc5c4-c4ccccc4C5(c4ccccc4)c4ccccc4)cc3)c2)cc1.c1ccc(-c2ccc(N(c3ccccc3)c3cccc4c3-c3ccccc3C4(c3ccccc3)c3ccccc3)cc2)cc1.c1ccc(N(c2ccccc2)c2cccc3c2-c2ccccc2C3(c2ccccc2)c2ccccc2)cc1. The molecule has 0 unspecified atom stereocenters. The fourth-order valence-electron chi connectivity index (χ4n) is 22.2. The lowest BCUT2D eigenvalue weighted by atomic mass is 9.67. The Hall–Kier alpha value is -17.8. The molecular weight excluding hydrogens is 1660 g/mol. The number of hydrogen-bond donors (Lipinski definition) is 0. The maximum Gasteiger partial charge on any atom is 0.0714 e. The van der Waals surface area contributed by atoms with E-state index in [-0.39, 0.29) is 0 Å². The summed E-state index contributed by atoms with van der Waals surface area (Å²) in [5.74, 6) is 0. The summed E-state index contributed by atoms with van der Waals surface area (Å²) in [4.78, 5) is 7.18. The molecule has 0 amide bonds. The first-order valence-corrected chi connectivity index (χ1v) is 47.7. The molecule has 22 aromatic carbocycles.